The predicted octanol–water partition coefficient (Wildman–Crippen LogP) is 1.36. The number of anilines is 1. The summed E-state index contributed by atoms with van der Waals surface area (Å²) in [6.45, 7) is 0. The van der Waals surface area contributed by atoms with Gasteiger partial charge in [-0.3, -0.25) is 14.4 Å². The fraction of sp³-hybridized carbons (Fsp3) is 0.308. The van der Waals surface area contributed by atoms with E-state index in [1.54, 1.807) is 6.07 Å². The lowest BCUT2D eigenvalue weighted by Crippen LogP contribution is -2.20. The van der Waals surface area contributed by atoms with E-state index in [1.165, 1.54) is 19.2 Å². The van der Waals surface area contributed by atoms with Crippen molar-refractivity contribution in [2.75, 3.05) is 12.4 Å². The van der Waals surface area contributed by atoms with Crippen molar-refractivity contribution in [1.29, 1.82) is 0 Å². The number of halogens is 1. The average Bonchev–Trinajstić information content (AvgIpc) is 3.20. The zero-order valence-electron chi connectivity index (χ0n) is 10.6. The first-order valence-electron chi connectivity index (χ1n) is 5.99. The summed E-state index contributed by atoms with van der Waals surface area (Å²) in [5.74, 6) is -2.80. The molecule has 0 heterocycles. The quantitative estimate of drug-likeness (QED) is 0.781. The fourth-order valence-electron chi connectivity index (χ4n) is 1.90. The van der Waals surface area contributed by atoms with E-state index in [2.05, 4.69) is 10.6 Å². The van der Waals surface area contributed by atoms with Crippen LogP contribution in [-0.2, 0) is 9.59 Å². The van der Waals surface area contributed by atoms with Crippen molar-refractivity contribution in [3.63, 3.8) is 0 Å². The van der Waals surface area contributed by atoms with Crippen molar-refractivity contribution in [2.24, 2.45) is 11.8 Å². The van der Waals surface area contributed by atoms with Crippen LogP contribution in [0.5, 0.6) is 0 Å². The average molecular weight is 297 g/mol. The van der Waals surface area contributed by atoms with Crippen LogP contribution < -0.4 is 10.6 Å². The number of hydrogen-bond acceptors (Lipinski definition) is 3. The Hall–Kier alpha value is -2.08. The summed E-state index contributed by atoms with van der Waals surface area (Å²) in [5, 5.41) is 14.1. The van der Waals surface area contributed by atoms with Gasteiger partial charge in [-0.1, -0.05) is 11.6 Å². The minimum absolute atomic E-state index is 0.248. The normalized spacial score (nSPS) is 20.1. The Morgan fingerprint density at radius 2 is 2.00 bits per heavy atom. The Kier molecular flexibility index (Phi) is 3.94. The van der Waals surface area contributed by atoms with Gasteiger partial charge in [0.25, 0.3) is 5.91 Å². The molecule has 2 unspecified atom stereocenters. The SMILES string of the molecule is CNC(=O)c1cc(NC(=O)C2CC2C(=O)O)ccc1Cl. The second-order valence-electron chi connectivity index (χ2n) is 4.55. The van der Waals surface area contributed by atoms with E-state index in [-0.39, 0.29) is 22.4 Å². The molecule has 1 aliphatic rings. The summed E-state index contributed by atoms with van der Waals surface area (Å²) in [7, 11) is 1.48. The standard InChI is InChI=1S/C13H13ClN2O4/c1-15-11(17)9-4-6(2-3-10(9)14)16-12(18)7-5-8(7)13(19)20/h2-4,7-8H,5H2,1H3,(H,15,17)(H,16,18)(H,19,20). The third kappa shape index (κ3) is 2.91. The second kappa shape index (κ2) is 5.50. The molecule has 7 heteroatoms. The maximum atomic E-state index is 11.8. The lowest BCUT2D eigenvalue weighted by Gasteiger charge is -2.08. The molecule has 0 spiro atoms. The van der Waals surface area contributed by atoms with E-state index < -0.39 is 17.8 Å². The molecule has 1 fully saturated rings. The number of carbonyl (C=O) groups is 3. The zero-order valence-corrected chi connectivity index (χ0v) is 11.4. The minimum Gasteiger partial charge on any atom is -0.481 e. The highest BCUT2D eigenvalue weighted by molar-refractivity contribution is 6.34. The first kappa shape index (κ1) is 14.3. The summed E-state index contributed by atoms with van der Waals surface area (Å²) in [5.41, 5.74) is 0.659. The molecule has 0 radical (unpaired) electrons. The maximum absolute atomic E-state index is 11.8. The summed E-state index contributed by atoms with van der Waals surface area (Å²) < 4.78 is 0. The molecule has 20 heavy (non-hydrogen) atoms. The van der Waals surface area contributed by atoms with Crippen LogP contribution in [0.15, 0.2) is 18.2 Å². The number of rotatable bonds is 4. The number of carboxylic acids is 1. The maximum Gasteiger partial charge on any atom is 0.307 e. The fourth-order valence-corrected chi connectivity index (χ4v) is 2.11. The molecular formula is C13H13ClN2O4. The summed E-state index contributed by atoms with van der Waals surface area (Å²) in [6, 6.07) is 4.52. The van der Waals surface area contributed by atoms with Crippen LogP contribution in [0.2, 0.25) is 5.02 Å². The minimum atomic E-state index is -0.965. The lowest BCUT2D eigenvalue weighted by molar-refractivity contribution is -0.139. The molecular weight excluding hydrogens is 284 g/mol. The van der Waals surface area contributed by atoms with Gasteiger partial charge in [-0.15, -0.1) is 0 Å². The molecule has 6 nitrogen and oxygen atoms in total. The third-order valence-electron chi connectivity index (χ3n) is 3.15. The van der Waals surface area contributed by atoms with Crippen LogP contribution in [0.1, 0.15) is 16.8 Å². The number of nitrogens with one attached hydrogen (secondary N) is 2. The monoisotopic (exact) mass is 296 g/mol. The number of benzene rings is 1. The van der Waals surface area contributed by atoms with Gasteiger partial charge in [0.05, 0.1) is 22.4 Å². The van der Waals surface area contributed by atoms with Crippen LogP contribution >= 0.6 is 11.6 Å². The number of aliphatic carboxylic acids is 1. The predicted molar refractivity (Wildman–Crippen MR) is 72.7 cm³/mol. The van der Waals surface area contributed by atoms with Crippen LogP contribution in [0, 0.1) is 11.8 Å². The summed E-state index contributed by atoms with van der Waals surface area (Å²) >= 11 is 5.89. The van der Waals surface area contributed by atoms with Gasteiger partial charge in [0, 0.05) is 12.7 Å². The van der Waals surface area contributed by atoms with Crippen LogP contribution in [0.3, 0.4) is 0 Å². The van der Waals surface area contributed by atoms with Gasteiger partial charge < -0.3 is 15.7 Å². The Labute approximate surface area is 120 Å². The van der Waals surface area contributed by atoms with Gasteiger partial charge in [0.1, 0.15) is 0 Å². The number of carbonyl (C=O) groups excluding carboxylic acids is 2. The summed E-state index contributed by atoms with van der Waals surface area (Å²) in [6.07, 6.45) is 0.344. The van der Waals surface area contributed by atoms with Crippen molar-refractivity contribution < 1.29 is 19.5 Å². The van der Waals surface area contributed by atoms with Crippen molar-refractivity contribution in [2.45, 2.75) is 6.42 Å². The van der Waals surface area contributed by atoms with Crippen molar-refractivity contribution in [1.82, 2.24) is 5.32 Å². The number of amides is 2. The van der Waals surface area contributed by atoms with E-state index in [1.807, 2.05) is 0 Å². The molecule has 106 valence electrons. The third-order valence-corrected chi connectivity index (χ3v) is 3.48. The number of hydrogen-bond donors (Lipinski definition) is 3. The Morgan fingerprint density at radius 3 is 2.55 bits per heavy atom. The van der Waals surface area contributed by atoms with E-state index in [9.17, 15) is 14.4 Å². The number of carboxylic acid groups (broad SMARTS) is 1. The molecule has 0 aliphatic heterocycles. The molecule has 0 bridgehead atoms. The van der Waals surface area contributed by atoms with E-state index in [0.29, 0.717) is 12.1 Å². The Morgan fingerprint density at radius 1 is 1.30 bits per heavy atom. The first-order valence-corrected chi connectivity index (χ1v) is 6.37. The molecule has 2 atom stereocenters. The largest absolute Gasteiger partial charge is 0.481 e. The van der Waals surface area contributed by atoms with Gasteiger partial charge in [-0.25, -0.2) is 0 Å². The molecule has 1 aliphatic carbocycles. The van der Waals surface area contributed by atoms with E-state index in [0.717, 1.165) is 0 Å². The van der Waals surface area contributed by atoms with Gasteiger partial charge in [-0.05, 0) is 24.6 Å². The highest BCUT2D eigenvalue weighted by atomic mass is 35.5. The van der Waals surface area contributed by atoms with Crippen LogP contribution in [0.25, 0.3) is 0 Å². The molecule has 1 saturated carbocycles. The first-order chi connectivity index (χ1) is 9.43. The van der Waals surface area contributed by atoms with Gasteiger partial charge in [0.2, 0.25) is 5.91 Å². The molecule has 2 amide bonds. The zero-order chi connectivity index (χ0) is 14.9. The van der Waals surface area contributed by atoms with Gasteiger partial charge in [0.15, 0.2) is 0 Å². The van der Waals surface area contributed by atoms with Crippen molar-refractivity contribution >= 4 is 35.1 Å². The van der Waals surface area contributed by atoms with Crippen LogP contribution in [-0.4, -0.2) is 29.9 Å². The van der Waals surface area contributed by atoms with Gasteiger partial charge in [-0.2, -0.15) is 0 Å². The Balaban J connectivity index is 2.09. The summed E-state index contributed by atoms with van der Waals surface area (Å²) in [4.78, 5) is 34.1. The van der Waals surface area contributed by atoms with Crippen LogP contribution in [0.4, 0.5) is 5.69 Å². The molecule has 2 rings (SSSR count). The van der Waals surface area contributed by atoms with E-state index in [4.69, 9.17) is 16.7 Å². The van der Waals surface area contributed by atoms with Crippen molar-refractivity contribution in [3.8, 4) is 0 Å². The molecule has 3 N–H and O–H groups in total. The topological polar surface area (TPSA) is 95.5 Å². The van der Waals surface area contributed by atoms with Gasteiger partial charge >= 0.3 is 5.97 Å². The lowest BCUT2D eigenvalue weighted by atomic mass is 10.1. The molecule has 1 aromatic carbocycles. The molecule has 0 aromatic heterocycles. The van der Waals surface area contributed by atoms with Crippen molar-refractivity contribution in [3.05, 3.63) is 28.8 Å². The molecule has 0 saturated heterocycles. The Bertz CT molecular complexity index is 588. The smallest absolute Gasteiger partial charge is 0.307 e. The molecule has 1 aromatic rings. The van der Waals surface area contributed by atoms with E-state index >= 15 is 0 Å². The second-order valence-corrected chi connectivity index (χ2v) is 4.96. The highest BCUT2D eigenvalue weighted by Gasteiger charge is 2.48. The highest BCUT2D eigenvalue weighted by Crippen LogP contribution is 2.39.